The van der Waals surface area contributed by atoms with Crippen LogP contribution in [0.5, 0.6) is 0 Å². The van der Waals surface area contributed by atoms with Crippen molar-refractivity contribution in [3.63, 3.8) is 0 Å². The molecule has 2 aromatic carbocycles. The first kappa shape index (κ1) is 19.2. The maximum Gasteiger partial charge on any atom is 0.253 e. The summed E-state index contributed by atoms with van der Waals surface area (Å²) in [6, 6.07) is 16.5. The molecular formula is C25H28N4O. The van der Waals surface area contributed by atoms with Crippen LogP contribution in [0.1, 0.15) is 41.1 Å². The Kier molecular flexibility index (Phi) is 4.99. The van der Waals surface area contributed by atoms with Crippen LogP contribution in [0.2, 0.25) is 0 Å². The van der Waals surface area contributed by atoms with Crippen LogP contribution in [0.15, 0.2) is 60.9 Å². The van der Waals surface area contributed by atoms with E-state index in [1.165, 1.54) is 12.0 Å². The summed E-state index contributed by atoms with van der Waals surface area (Å²) in [6.07, 6.45) is 6.70. The van der Waals surface area contributed by atoms with E-state index in [0.29, 0.717) is 16.9 Å². The predicted molar refractivity (Wildman–Crippen MR) is 118 cm³/mol. The Hall–Kier alpha value is -2.79. The highest BCUT2D eigenvalue weighted by Crippen LogP contribution is 2.44. The lowest BCUT2D eigenvalue weighted by molar-refractivity contribution is 0.0224. The zero-order valence-electron chi connectivity index (χ0n) is 17.5. The number of likely N-dealkylation sites (N-methyl/N-ethyl adjacent to an activating group) is 1. The lowest BCUT2D eigenvalue weighted by Crippen LogP contribution is -2.51. The predicted octanol–water partition coefficient (Wildman–Crippen LogP) is 3.97. The van der Waals surface area contributed by atoms with Gasteiger partial charge in [-0.15, -0.1) is 0 Å². The van der Waals surface area contributed by atoms with E-state index in [4.69, 9.17) is 0 Å². The van der Waals surface area contributed by atoms with Crippen molar-refractivity contribution in [2.24, 2.45) is 5.41 Å². The van der Waals surface area contributed by atoms with E-state index >= 15 is 0 Å². The minimum atomic E-state index is 0.112. The van der Waals surface area contributed by atoms with Crippen molar-refractivity contribution in [1.82, 2.24) is 19.8 Å². The zero-order valence-corrected chi connectivity index (χ0v) is 17.5. The molecule has 2 aliphatic rings. The first-order valence-corrected chi connectivity index (χ1v) is 10.9. The summed E-state index contributed by atoms with van der Waals surface area (Å²) >= 11 is 0. The van der Waals surface area contributed by atoms with Gasteiger partial charge in [0.2, 0.25) is 0 Å². The topological polar surface area (TPSA) is 49.3 Å². The van der Waals surface area contributed by atoms with Gasteiger partial charge in [0.05, 0.1) is 11.0 Å². The summed E-state index contributed by atoms with van der Waals surface area (Å²) in [6.45, 7) is 3.90. The van der Waals surface area contributed by atoms with Crippen LogP contribution in [0.4, 0.5) is 0 Å². The van der Waals surface area contributed by atoms with Crippen LogP contribution < -0.4 is 0 Å². The maximum absolute atomic E-state index is 13.1. The van der Waals surface area contributed by atoms with Crippen molar-refractivity contribution in [2.75, 3.05) is 33.2 Å². The lowest BCUT2D eigenvalue weighted by Gasteiger charge is -2.49. The molecule has 1 amide bonds. The van der Waals surface area contributed by atoms with Gasteiger partial charge in [-0.3, -0.25) is 14.8 Å². The molecule has 0 radical (unpaired) electrons. The van der Waals surface area contributed by atoms with Crippen molar-refractivity contribution < 1.29 is 4.79 Å². The Morgan fingerprint density at radius 3 is 2.50 bits per heavy atom. The fourth-order valence-corrected chi connectivity index (χ4v) is 5.44. The molecule has 0 aliphatic carbocycles. The van der Waals surface area contributed by atoms with Crippen molar-refractivity contribution in [2.45, 2.75) is 25.2 Å². The average molecular weight is 401 g/mol. The number of nitrogens with zero attached hydrogens (tertiary/aromatic N) is 4. The highest BCUT2D eigenvalue weighted by molar-refractivity contribution is 5.97. The Morgan fingerprint density at radius 1 is 1.00 bits per heavy atom. The Balaban J connectivity index is 1.29. The third-order valence-electron chi connectivity index (χ3n) is 6.92. The number of likely N-dealkylation sites (tertiary alicyclic amines) is 2. The molecule has 2 saturated heterocycles. The average Bonchev–Trinajstić information content (AvgIpc) is 2.79. The number of hydrogen-bond acceptors (Lipinski definition) is 4. The number of carbonyl (C=O) groups is 1. The SMILES string of the molecule is CN1C[C@H](c2ccccc2)CC2(CCN(C(=O)c3ccc4nccnc4c3)CC2)C1. The summed E-state index contributed by atoms with van der Waals surface area (Å²) < 4.78 is 0. The summed E-state index contributed by atoms with van der Waals surface area (Å²) in [5.74, 6) is 0.687. The highest BCUT2D eigenvalue weighted by Gasteiger charge is 2.42. The number of amides is 1. The fraction of sp³-hybridized carbons (Fsp3) is 0.400. The number of piperidine rings is 2. The van der Waals surface area contributed by atoms with E-state index in [1.807, 2.05) is 23.1 Å². The van der Waals surface area contributed by atoms with Gasteiger partial charge in [-0.2, -0.15) is 0 Å². The van der Waals surface area contributed by atoms with Gasteiger partial charge >= 0.3 is 0 Å². The monoisotopic (exact) mass is 400 g/mol. The molecule has 1 aromatic heterocycles. The van der Waals surface area contributed by atoms with E-state index in [1.54, 1.807) is 12.4 Å². The van der Waals surface area contributed by atoms with Gasteiger partial charge in [-0.25, -0.2) is 0 Å². The molecule has 30 heavy (non-hydrogen) atoms. The van der Waals surface area contributed by atoms with Gasteiger partial charge in [-0.05, 0) is 61.4 Å². The van der Waals surface area contributed by atoms with Gasteiger partial charge < -0.3 is 9.80 Å². The third kappa shape index (κ3) is 3.70. The second kappa shape index (κ2) is 7.80. The summed E-state index contributed by atoms with van der Waals surface area (Å²) in [5, 5.41) is 0. The summed E-state index contributed by atoms with van der Waals surface area (Å²) in [7, 11) is 2.24. The minimum absolute atomic E-state index is 0.112. The van der Waals surface area contributed by atoms with Crippen molar-refractivity contribution >= 4 is 16.9 Å². The molecule has 0 unspecified atom stereocenters. The van der Waals surface area contributed by atoms with Crippen molar-refractivity contribution in [1.29, 1.82) is 0 Å². The molecule has 0 saturated carbocycles. The van der Waals surface area contributed by atoms with Crippen LogP contribution in [-0.2, 0) is 0 Å². The molecule has 5 nitrogen and oxygen atoms in total. The van der Waals surface area contributed by atoms with E-state index < -0.39 is 0 Å². The standard InChI is InChI=1S/C25H28N4O/c1-28-17-21(19-5-3-2-4-6-19)16-25(18-28)9-13-29(14-10-25)24(30)20-7-8-22-23(15-20)27-12-11-26-22/h2-8,11-12,15,21H,9-10,13-14,16-18H2,1H3/t21-/m1/s1. The molecule has 0 bridgehead atoms. The van der Waals surface area contributed by atoms with Gasteiger partial charge in [0.1, 0.15) is 0 Å². The Labute approximate surface area is 177 Å². The normalized spacial score (nSPS) is 21.8. The first-order valence-electron chi connectivity index (χ1n) is 10.9. The number of rotatable bonds is 2. The summed E-state index contributed by atoms with van der Waals surface area (Å²) in [5.41, 5.74) is 4.06. The van der Waals surface area contributed by atoms with Crippen LogP contribution in [0.25, 0.3) is 11.0 Å². The van der Waals surface area contributed by atoms with Crippen LogP contribution >= 0.6 is 0 Å². The van der Waals surface area contributed by atoms with Crippen molar-refractivity contribution in [3.8, 4) is 0 Å². The van der Waals surface area contributed by atoms with Gasteiger partial charge in [0.25, 0.3) is 5.91 Å². The Morgan fingerprint density at radius 2 is 1.73 bits per heavy atom. The highest BCUT2D eigenvalue weighted by atomic mass is 16.2. The second-order valence-corrected chi connectivity index (χ2v) is 9.06. The van der Waals surface area contributed by atoms with Crippen LogP contribution in [-0.4, -0.2) is 58.9 Å². The molecule has 154 valence electrons. The largest absolute Gasteiger partial charge is 0.339 e. The number of fused-ring (bicyclic) bond motifs is 1. The maximum atomic E-state index is 13.1. The quantitative estimate of drug-likeness (QED) is 0.653. The van der Waals surface area contributed by atoms with E-state index in [2.05, 4.69) is 52.2 Å². The smallest absolute Gasteiger partial charge is 0.253 e. The molecule has 1 spiro atoms. The third-order valence-corrected chi connectivity index (χ3v) is 6.92. The molecule has 1 atom stereocenters. The molecule has 5 heteroatoms. The summed E-state index contributed by atoms with van der Waals surface area (Å²) in [4.78, 5) is 26.3. The number of hydrogen-bond donors (Lipinski definition) is 0. The van der Waals surface area contributed by atoms with Gasteiger partial charge in [-0.1, -0.05) is 30.3 Å². The molecular weight excluding hydrogens is 372 g/mol. The lowest BCUT2D eigenvalue weighted by atomic mass is 9.68. The Bertz CT molecular complexity index is 1040. The second-order valence-electron chi connectivity index (χ2n) is 9.06. The first-order chi connectivity index (χ1) is 14.6. The van der Waals surface area contributed by atoms with Gasteiger partial charge in [0.15, 0.2) is 0 Å². The molecule has 2 aliphatic heterocycles. The van der Waals surface area contributed by atoms with Crippen LogP contribution in [0.3, 0.4) is 0 Å². The van der Waals surface area contributed by atoms with Gasteiger partial charge in [0, 0.05) is 44.1 Å². The number of benzene rings is 2. The number of aromatic nitrogens is 2. The molecule has 3 heterocycles. The minimum Gasteiger partial charge on any atom is -0.339 e. The molecule has 2 fully saturated rings. The fourth-order valence-electron chi connectivity index (χ4n) is 5.44. The van der Waals surface area contributed by atoms with E-state index in [0.717, 1.165) is 50.1 Å². The molecule has 0 N–H and O–H groups in total. The molecule has 3 aromatic rings. The van der Waals surface area contributed by atoms with Crippen molar-refractivity contribution in [3.05, 3.63) is 72.1 Å². The van der Waals surface area contributed by atoms with E-state index in [-0.39, 0.29) is 5.91 Å². The van der Waals surface area contributed by atoms with E-state index in [9.17, 15) is 4.79 Å². The zero-order chi connectivity index (χ0) is 20.6. The van der Waals surface area contributed by atoms with Crippen LogP contribution in [0, 0.1) is 5.41 Å². The number of carbonyl (C=O) groups excluding carboxylic acids is 1. The molecule has 5 rings (SSSR count).